The van der Waals surface area contributed by atoms with Crippen LogP contribution >= 0.6 is 0 Å². The van der Waals surface area contributed by atoms with Crippen LogP contribution in [-0.4, -0.2) is 42.8 Å². The van der Waals surface area contributed by atoms with Crippen LogP contribution in [0.4, 0.5) is 4.79 Å². The van der Waals surface area contributed by atoms with E-state index in [1.54, 1.807) is 4.90 Å². The van der Waals surface area contributed by atoms with Crippen molar-refractivity contribution in [3.8, 4) is 0 Å². The first-order valence-corrected chi connectivity index (χ1v) is 7.03. The molecule has 0 aliphatic carbocycles. The summed E-state index contributed by atoms with van der Waals surface area (Å²) < 4.78 is 9.92. The van der Waals surface area contributed by atoms with Crippen LogP contribution in [0.1, 0.15) is 40.0 Å². The molecular weight excluding hydrogens is 258 g/mol. The maximum atomic E-state index is 11.9. The Morgan fingerprint density at radius 3 is 2.35 bits per heavy atom. The number of allylic oxidation sites excluding steroid dienone is 1. The Kier molecular flexibility index (Phi) is 6.05. The smallest absolute Gasteiger partial charge is 0.410 e. The number of esters is 1. The molecule has 0 N–H and O–H groups in total. The molecule has 1 heterocycles. The van der Waals surface area contributed by atoms with Crippen LogP contribution in [0.5, 0.6) is 0 Å². The van der Waals surface area contributed by atoms with E-state index in [0.29, 0.717) is 25.4 Å². The summed E-state index contributed by atoms with van der Waals surface area (Å²) in [6.07, 6.45) is 5.76. The summed E-state index contributed by atoms with van der Waals surface area (Å²) in [6, 6.07) is 0. The predicted molar refractivity (Wildman–Crippen MR) is 76.3 cm³/mol. The average Bonchev–Trinajstić information content (AvgIpc) is 2.37. The Bertz CT molecular complexity index is 363. The number of ether oxygens (including phenoxy) is 2. The minimum Gasteiger partial charge on any atom is -0.469 e. The molecule has 1 amide bonds. The van der Waals surface area contributed by atoms with Crippen LogP contribution in [0.3, 0.4) is 0 Å². The number of likely N-dealkylation sites (tertiary alicyclic amines) is 1. The summed E-state index contributed by atoms with van der Waals surface area (Å²) in [5.74, 6) is 0.186. The summed E-state index contributed by atoms with van der Waals surface area (Å²) in [5.41, 5.74) is -0.450. The molecule has 0 aromatic carbocycles. The molecule has 5 nitrogen and oxygen atoms in total. The van der Waals surface area contributed by atoms with Gasteiger partial charge in [0.15, 0.2) is 0 Å². The Morgan fingerprint density at radius 2 is 1.85 bits per heavy atom. The van der Waals surface area contributed by atoms with Crippen LogP contribution in [-0.2, 0) is 14.3 Å². The lowest BCUT2D eigenvalue weighted by atomic mass is 9.96. The third-order valence-corrected chi connectivity index (χ3v) is 3.11. The van der Waals surface area contributed by atoms with Crippen molar-refractivity contribution < 1.29 is 19.1 Å². The van der Waals surface area contributed by atoms with Gasteiger partial charge in [-0.25, -0.2) is 4.79 Å². The van der Waals surface area contributed by atoms with Gasteiger partial charge in [0.1, 0.15) is 5.60 Å². The second-order valence-electron chi connectivity index (χ2n) is 6.01. The Hall–Kier alpha value is -1.52. The van der Waals surface area contributed by atoms with Crippen molar-refractivity contribution in [2.75, 3.05) is 20.2 Å². The van der Waals surface area contributed by atoms with Gasteiger partial charge in [0.25, 0.3) is 0 Å². The summed E-state index contributed by atoms with van der Waals surface area (Å²) in [7, 11) is 1.38. The highest BCUT2D eigenvalue weighted by atomic mass is 16.6. The van der Waals surface area contributed by atoms with E-state index in [1.165, 1.54) is 7.11 Å². The lowest BCUT2D eigenvalue weighted by Crippen LogP contribution is -2.41. The zero-order chi connectivity index (χ0) is 15.2. The number of hydrogen-bond acceptors (Lipinski definition) is 4. The number of piperidine rings is 1. The SMILES string of the molecule is COC(=O)CC=CC1CCN(C(=O)OC(C)(C)C)CC1. The van der Waals surface area contributed by atoms with Gasteiger partial charge in [-0.15, -0.1) is 0 Å². The molecule has 1 rings (SSSR count). The van der Waals surface area contributed by atoms with E-state index in [-0.39, 0.29) is 12.1 Å². The summed E-state index contributed by atoms with van der Waals surface area (Å²) >= 11 is 0. The molecule has 0 radical (unpaired) electrons. The molecule has 1 fully saturated rings. The lowest BCUT2D eigenvalue weighted by molar-refractivity contribution is -0.139. The third-order valence-electron chi connectivity index (χ3n) is 3.11. The average molecular weight is 283 g/mol. The number of nitrogens with zero attached hydrogens (tertiary/aromatic N) is 1. The number of hydrogen-bond donors (Lipinski definition) is 0. The van der Waals surface area contributed by atoms with Crippen molar-refractivity contribution >= 4 is 12.1 Å². The van der Waals surface area contributed by atoms with Gasteiger partial charge in [0.05, 0.1) is 13.5 Å². The largest absolute Gasteiger partial charge is 0.469 e. The predicted octanol–water partition coefficient (Wildman–Crippen LogP) is 2.75. The van der Waals surface area contributed by atoms with Crippen LogP contribution in [0, 0.1) is 5.92 Å². The van der Waals surface area contributed by atoms with E-state index in [0.717, 1.165) is 12.8 Å². The third kappa shape index (κ3) is 6.08. The minimum absolute atomic E-state index is 0.229. The summed E-state index contributed by atoms with van der Waals surface area (Å²) in [5, 5.41) is 0. The monoisotopic (exact) mass is 283 g/mol. The molecule has 5 heteroatoms. The zero-order valence-corrected chi connectivity index (χ0v) is 12.8. The first-order chi connectivity index (χ1) is 9.31. The van der Waals surface area contributed by atoms with Gasteiger partial charge in [-0.05, 0) is 39.5 Å². The second kappa shape index (κ2) is 7.31. The molecule has 20 heavy (non-hydrogen) atoms. The van der Waals surface area contributed by atoms with Gasteiger partial charge in [0, 0.05) is 13.1 Å². The second-order valence-corrected chi connectivity index (χ2v) is 6.01. The number of amides is 1. The van der Waals surface area contributed by atoms with Gasteiger partial charge < -0.3 is 14.4 Å². The standard InChI is InChI=1S/C15H25NO4/c1-15(2,3)20-14(18)16-10-8-12(9-11-16)6-5-7-13(17)19-4/h5-6,12H,7-11H2,1-4H3. The van der Waals surface area contributed by atoms with E-state index in [2.05, 4.69) is 4.74 Å². The van der Waals surface area contributed by atoms with E-state index in [4.69, 9.17) is 4.74 Å². The molecule has 0 atom stereocenters. The highest BCUT2D eigenvalue weighted by molar-refractivity contribution is 5.70. The van der Waals surface area contributed by atoms with Crippen molar-refractivity contribution in [2.45, 2.75) is 45.6 Å². The van der Waals surface area contributed by atoms with Crippen LogP contribution in [0.15, 0.2) is 12.2 Å². The fourth-order valence-corrected chi connectivity index (χ4v) is 2.04. The first-order valence-electron chi connectivity index (χ1n) is 7.03. The van der Waals surface area contributed by atoms with E-state index in [1.807, 2.05) is 32.9 Å². The van der Waals surface area contributed by atoms with E-state index in [9.17, 15) is 9.59 Å². The highest BCUT2D eigenvalue weighted by Crippen LogP contribution is 2.20. The number of carbonyl (C=O) groups excluding carboxylic acids is 2. The molecule has 0 bridgehead atoms. The van der Waals surface area contributed by atoms with Crippen LogP contribution < -0.4 is 0 Å². The van der Waals surface area contributed by atoms with E-state index < -0.39 is 5.60 Å². The van der Waals surface area contributed by atoms with Crippen molar-refractivity contribution in [3.63, 3.8) is 0 Å². The molecule has 0 unspecified atom stereocenters. The summed E-state index contributed by atoms with van der Waals surface area (Å²) in [6.45, 7) is 7.00. The van der Waals surface area contributed by atoms with E-state index >= 15 is 0 Å². The van der Waals surface area contributed by atoms with Crippen LogP contribution in [0.25, 0.3) is 0 Å². The molecule has 114 valence electrons. The first kappa shape index (κ1) is 16.5. The molecule has 1 aliphatic heterocycles. The molecule has 1 saturated heterocycles. The maximum Gasteiger partial charge on any atom is 0.410 e. The van der Waals surface area contributed by atoms with Crippen LogP contribution in [0.2, 0.25) is 0 Å². The quantitative estimate of drug-likeness (QED) is 0.590. The number of rotatable bonds is 3. The van der Waals surface area contributed by atoms with Gasteiger partial charge in [-0.2, -0.15) is 0 Å². The topological polar surface area (TPSA) is 55.8 Å². The number of carbonyl (C=O) groups is 2. The molecule has 0 aromatic rings. The van der Waals surface area contributed by atoms with Gasteiger partial charge >= 0.3 is 12.1 Å². The van der Waals surface area contributed by atoms with Crippen molar-refractivity contribution in [1.29, 1.82) is 0 Å². The fraction of sp³-hybridized carbons (Fsp3) is 0.733. The van der Waals surface area contributed by atoms with Crippen molar-refractivity contribution in [2.24, 2.45) is 5.92 Å². The molecule has 0 aromatic heterocycles. The normalized spacial score (nSPS) is 17.3. The number of methoxy groups -OCH3 is 1. The van der Waals surface area contributed by atoms with Gasteiger partial charge in [-0.3, -0.25) is 4.79 Å². The molecule has 0 spiro atoms. The maximum absolute atomic E-state index is 11.9. The Balaban J connectivity index is 2.33. The van der Waals surface area contributed by atoms with Gasteiger partial charge in [-0.1, -0.05) is 12.2 Å². The zero-order valence-electron chi connectivity index (χ0n) is 12.8. The van der Waals surface area contributed by atoms with Gasteiger partial charge in [0.2, 0.25) is 0 Å². The van der Waals surface area contributed by atoms with Crippen molar-refractivity contribution in [3.05, 3.63) is 12.2 Å². The molecular formula is C15H25NO4. The molecule has 1 aliphatic rings. The van der Waals surface area contributed by atoms with Crippen molar-refractivity contribution in [1.82, 2.24) is 4.90 Å². The molecule has 0 saturated carbocycles. The fourth-order valence-electron chi connectivity index (χ4n) is 2.04. The Morgan fingerprint density at radius 1 is 1.25 bits per heavy atom. The lowest BCUT2D eigenvalue weighted by Gasteiger charge is -2.32. The Labute approximate surface area is 120 Å². The highest BCUT2D eigenvalue weighted by Gasteiger charge is 2.25. The summed E-state index contributed by atoms with van der Waals surface area (Å²) in [4.78, 5) is 24.6. The minimum atomic E-state index is -0.450.